The van der Waals surface area contributed by atoms with Crippen molar-refractivity contribution in [3.05, 3.63) is 53.2 Å². The van der Waals surface area contributed by atoms with E-state index in [2.05, 4.69) is 0 Å². The smallest absolute Gasteiger partial charge is 0.232 e. The molecule has 6 heteroatoms. The lowest BCUT2D eigenvalue weighted by atomic mass is 10.0. The molecule has 24 heavy (non-hydrogen) atoms. The minimum atomic E-state index is -0.195. The Kier molecular flexibility index (Phi) is 3.84. The van der Waals surface area contributed by atoms with Gasteiger partial charge in [0.25, 0.3) is 0 Å². The lowest BCUT2D eigenvalue weighted by Gasteiger charge is -2.24. The third kappa shape index (κ3) is 2.70. The van der Waals surface area contributed by atoms with Gasteiger partial charge in [0.15, 0.2) is 11.5 Å². The minimum absolute atomic E-state index is 0.153. The van der Waals surface area contributed by atoms with E-state index >= 15 is 0 Å². The van der Waals surface area contributed by atoms with Crippen LogP contribution in [-0.4, -0.2) is 37.2 Å². The number of hydrogen-bond acceptors (Lipinski definition) is 5. The van der Waals surface area contributed by atoms with Crippen molar-refractivity contribution in [1.82, 2.24) is 0 Å². The Hall–Kier alpha value is -2.57. The SMILES string of the molecule is O=C1/C(=C\c2ccco2)Oc2c1ccc(O)c2C[NH+]1CCOCC1. The number of quaternary nitrogens is 1. The molecule has 124 valence electrons. The highest BCUT2D eigenvalue weighted by Crippen LogP contribution is 2.39. The van der Waals surface area contributed by atoms with Crippen LogP contribution < -0.4 is 9.64 Å². The van der Waals surface area contributed by atoms with Crippen molar-refractivity contribution in [1.29, 1.82) is 0 Å². The normalized spacial score (nSPS) is 19.5. The highest BCUT2D eigenvalue weighted by Gasteiger charge is 2.33. The van der Waals surface area contributed by atoms with E-state index < -0.39 is 0 Å². The summed E-state index contributed by atoms with van der Waals surface area (Å²) in [7, 11) is 0. The van der Waals surface area contributed by atoms with Gasteiger partial charge in [-0.15, -0.1) is 0 Å². The first kappa shape index (κ1) is 15.0. The average Bonchev–Trinajstić information content (AvgIpc) is 3.21. The molecule has 0 bridgehead atoms. The summed E-state index contributed by atoms with van der Waals surface area (Å²) in [4.78, 5) is 13.8. The number of phenolic OH excluding ortho intramolecular Hbond substituents is 1. The van der Waals surface area contributed by atoms with E-state index in [0.717, 1.165) is 13.1 Å². The minimum Gasteiger partial charge on any atom is -0.507 e. The van der Waals surface area contributed by atoms with Crippen molar-refractivity contribution >= 4 is 11.9 Å². The second kappa shape index (κ2) is 6.14. The zero-order chi connectivity index (χ0) is 16.5. The van der Waals surface area contributed by atoms with E-state index in [1.165, 1.54) is 11.2 Å². The molecule has 1 aromatic heterocycles. The molecule has 2 N–H and O–H groups in total. The van der Waals surface area contributed by atoms with Gasteiger partial charge in [0.2, 0.25) is 5.78 Å². The van der Waals surface area contributed by atoms with Gasteiger partial charge in [0.1, 0.15) is 31.1 Å². The number of furan rings is 1. The van der Waals surface area contributed by atoms with Crippen LogP contribution in [-0.2, 0) is 11.3 Å². The van der Waals surface area contributed by atoms with Gasteiger partial charge in [-0.2, -0.15) is 0 Å². The number of rotatable bonds is 3. The van der Waals surface area contributed by atoms with Crippen molar-refractivity contribution in [2.75, 3.05) is 26.3 Å². The highest BCUT2D eigenvalue weighted by atomic mass is 16.5. The predicted octanol–water partition coefficient (Wildman–Crippen LogP) is 1.02. The van der Waals surface area contributed by atoms with Crippen LogP contribution in [0.25, 0.3) is 6.08 Å². The maximum atomic E-state index is 12.5. The van der Waals surface area contributed by atoms with Gasteiger partial charge in [-0.25, -0.2) is 0 Å². The molecule has 2 aromatic rings. The van der Waals surface area contributed by atoms with E-state index in [9.17, 15) is 9.90 Å². The molecule has 0 amide bonds. The fourth-order valence-electron chi connectivity index (χ4n) is 3.06. The molecule has 0 saturated carbocycles. The third-order valence-electron chi connectivity index (χ3n) is 4.36. The van der Waals surface area contributed by atoms with E-state index in [-0.39, 0.29) is 17.3 Å². The molecule has 0 radical (unpaired) electrons. The second-order valence-electron chi connectivity index (χ2n) is 5.93. The van der Waals surface area contributed by atoms with Crippen molar-refractivity contribution in [3.8, 4) is 11.5 Å². The Morgan fingerprint density at radius 2 is 2.04 bits per heavy atom. The number of carbonyl (C=O) groups is 1. The van der Waals surface area contributed by atoms with E-state index in [0.29, 0.717) is 42.4 Å². The molecule has 0 spiro atoms. The quantitative estimate of drug-likeness (QED) is 0.823. The number of ether oxygens (including phenoxy) is 2. The van der Waals surface area contributed by atoms with Crippen LogP contribution in [0, 0.1) is 0 Å². The lowest BCUT2D eigenvalue weighted by Crippen LogP contribution is -3.12. The molecule has 3 heterocycles. The third-order valence-corrected chi connectivity index (χ3v) is 4.36. The van der Waals surface area contributed by atoms with Gasteiger partial charge in [-0.05, 0) is 24.3 Å². The number of ketones is 1. The number of hydrogen-bond donors (Lipinski definition) is 2. The summed E-state index contributed by atoms with van der Waals surface area (Å²) in [5, 5.41) is 10.3. The van der Waals surface area contributed by atoms with Crippen molar-refractivity contribution in [2.45, 2.75) is 6.54 Å². The standard InChI is InChI=1S/C18H17NO5/c20-15-4-3-13-17(21)16(10-12-2-1-7-23-12)24-18(13)14(15)11-19-5-8-22-9-6-19/h1-4,7,10,20H,5-6,8-9,11H2/p+1/b16-10+. The van der Waals surface area contributed by atoms with Gasteiger partial charge in [-0.3, -0.25) is 4.79 Å². The van der Waals surface area contributed by atoms with Gasteiger partial charge < -0.3 is 23.9 Å². The summed E-state index contributed by atoms with van der Waals surface area (Å²) < 4.78 is 16.4. The number of carbonyl (C=O) groups excluding carboxylic acids is 1. The molecule has 0 unspecified atom stereocenters. The molecule has 1 saturated heterocycles. The topological polar surface area (TPSA) is 73.3 Å². The zero-order valence-corrected chi connectivity index (χ0v) is 13.1. The van der Waals surface area contributed by atoms with Crippen LogP contribution in [0.15, 0.2) is 40.7 Å². The fourth-order valence-corrected chi connectivity index (χ4v) is 3.06. The van der Waals surface area contributed by atoms with Gasteiger partial charge in [-0.1, -0.05) is 0 Å². The molecule has 6 nitrogen and oxygen atoms in total. The molecule has 2 aliphatic rings. The average molecular weight is 328 g/mol. The van der Waals surface area contributed by atoms with E-state index in [4.69, 9.17) is 13.9 Å². The van der Waals surface area contributed by atoms with Crippen LogP contribution in [0.3, 0.4) is 0 Å². The van der Waals surface area contributed by atoms with Crippen LogP contribution in [0.4, 0.5) is 0 Å². The first-order valence-corrected chi connectivity index (χ1v) is 7.96. The largest absolute Gasteiger partial charge is 0.507 e. The van der Waals surface area contributed by atoms with Crippen molar-refractivity contribution in [3.63, 3.8) is 0 Å². The van der Waals surface area contributed by atoms with Gasteiger partial charge >= 0.3 is 0 Å². The lowest BCUT2D eigenvalue weighted by molar-refractivity contribution is -0.921. The highest BCUT2D eigenvalue weighted by molar-refractivity contribution is 6.14. The molecule has 4 rings (SSSR count). The monoisotopic (exact) mass is 328 g/mol. The number of morpholine rings is 1. The van der Waals surface area contributed by atoms with Gasteiger partial charge in [0, 0.05) is 6.08 Å². The molecule has 1 aromatic carbocycles. The number of aromatic hydroxyl groups is 1. The Morgan fingerprint density at radius 1 is 1.21 bits per heavy atom. The molecule has 1 fully saturated rings. The molecule has 0 aliphatic carbocycles. The van der Waals surface area contributed by atoms with Crippen LogP contribution in [0.2, 0.25) is 0 Å². The predicted molar refractivity (Wildman–Crippen MR) is 85.0 cm³/mol. The maximum absolute atomic E-state index is 12.5. The summed E-state index contributed by atoms with van der Waals surface area (Å²) in [6.07, 6.45) is 3.11. The number of nitrogens with one attached hydrogen (secondary N) is 1. The molecular formula is C18H18NO5+. The maximum Gasteiger partial charge on any atom is 0.232 e. The van der Waals surface area contributed by atoms with Crippen LogP contribution in [0.5, 0.6) is 11.5 Å². The van der Waals surface area contributed by atoms with E-state index in [1.807, 2.05) is 0 Å². The summed E-state index contributed by atoms with van der Waals surface area (Å²) in [6.45, 7) is 3.74. The van der Waals surface area contributed by atoms with Crippen LogP contribution >= 0.6 is 0 Å². The molecule has 2 aliphatic heterocycles. The number of benzene rings is 1. The second-order valence-corrected chi connectivity index (χ2v) is 5.93. The Labute approximate surface area is 138 Å². The van der Waals surface area contributed by atoms with Crippen molar-refractivity contribution in [2.24, 2.45) is 0 Å². The summed E-state index contributed by atoms with van der Waals surface area (Å²) >= 11 is 0. The summed E-state index contributed by atoms with van der Waals surface area (Å²) in [5.74, 6) is 1.18. The number of fused-ring (bicyclic) bond motifs is 1. The van der Waals surface area contributed by atoms with E-state index in [1.54, 1.807) is 30.3 Å². The Balaban J connectivity index is 1.66. The van der Waals surface area contributed by atoms with Crippen molar-refractivity contribution < 1.29 is 28.7 Å². The molecule has 0 atom stereocenters. The van der Waals surface area contributed by atoms with Crippen LogP contribution in [0.1, 0.15) is 21.7 Å². The number of allylic oxidation sites excluding steroid dienone is 1. The zero-order valence-electron chi connectivity index (χ0n) is 13.1. The summed E-state index contributed by atoms with van der Waals surface area (Å²) in [5.41, 5.74) is 1.15. The summed E-state index contributed by atoms with van der Waals surface area (Å²) in [6, 6.07) is 6.67. The Bertz CT molecular complexity index is 788. The van der Waals surface area contributed by atoms with Gasteiger partial charge in [0.05, 0.1) is 30.6 Å². The first-order valence-electron chi connectivity index (χ1n) is 7.96. The number of phenols is 1. The number of Topliss-reactive ketones (excluding diaryl/α,β-unsaturated/α-hetero) is 1. The first-order chi connectivity index (χ1) is 11.7. The fraction of sp³-hybridized carbons (Fsp3) is 0.278. The Morgan fingerprint density at radius 3 is 2.79 bits per heavy atom. The molecular weight excluding hydrogens is 310 g/mol.